The first kappa shape index (κ1) is 25.3. The summed E-state index contributed by atoms with van der Waals surface area (Å²) in [6.07, 6.45) is 4.64. The van der Waals surface area contributed by atoms with Crippen molar-refractivity contribution in [2.45, 2.75) is 38.8 Å². The van der Waals surface area contributed by atoms with Crippen LogP contribution in [0.25, 0.3) is 33.3 Å². The second-order valence-corrected chi connectivity index (χ2v) is 9.91. The van der Waals surface area contributed by atoms with Crippen molar-refractivity contribution in [3.63, 3.8) is 0 Å². The number of rotatable bonds is 6. The van der Waals surface area contributed by atoms with Gasteiger partial charge in [-0.05, 0) is 48.1 Å². The molecular formula is C29H31N5O4. The van der Waals surface area contributed by atoms with E-state index in [-0.39, 0.29) is 23.6 Å². The fourth-order valence-electron chi connectivity index (χ4n) is 4.96. The van der Waals surface area contributed by atoms with Gasteiger partial charge in [0.25, 0.3) is 0 Å². The molecule has 2 amide bonds. The van der Waals surface area contributed by atoms with E-state index in [0.29, 0.717) is 6.54 Å². The topological polar surface area (TPSA) is 120 Å². The Balaban J connectivity index is 1.33. The van der Waals surface area contributed by atoms with E-state index in [1.54, 1.807) is 29.4 Å². The molecule has 3 N–H and O–H groups in total. The Morgan fingerprint density at radius 1 is 1.05 bits per heavy atom. The van der Waals surface area contributed by atoms with Crippen molar-refractivity contribution in [2.75, 3.05) is 13.7 Å². The largest absolute Gasteiger partial charge is 0.508 e. The number of likely N-dealkylation sites (tertiary alicyclic amines) is 1. The Bertz CT molecular complexity index is 1460. The van der Waals surface area contributed by atoms with Crippen LogP contribution in [0, 0.1) is 5.92 Å². The Kier molecular flexibility index (Phi) is 7.00. The first-order valence-corrected chi connectivity index (χ1v) is 12.7. The molecule has 2 atom stereocenters. The Labute approximate surface area is 220 Å². The number of nitrogens with one attached hydrogen (secondary N) is 2. The van der Waals surface area contributed by atoms with Gasteiger partial charge in [0.15, 0.2) is 0 Å². The number of aromatic nitrogens is 3. The molecule has 2 aromatic carbocycles. The Hall–Kier alpha value is -4.40. The van der Waals surface area contributed by atoms with Gasteiger partial charge in [-0.1, -0.05) is 38.1 Å². The quantitative estimate of drug-likeness (QED) is 0.332. The third-order valence-corrected chi connectivity index (χ3v) is 7.04. The minimum absolute atomic E-state index is 0.0847. The minimum atomic E-state index is -0.666. The number of H-pyrrole nitrogens is 1. The molecular weight excluding hydrogens is 482 g/mol. The molecule has 2 aromatic heterocycles. The summed E-state index contributed by atoms with van der Waals surface area (Å²) in [6, 6.07) is 14.5. The van der Waals surface area contributed by atoms with E-state index in [1.165, 1.54) is 7.11 Å². The number of hydrogen-bond acceptors (Lipinski definition) is 6. The van der Waals surface area contributed by atoms with Crippen LogP contribution in [0.1, 0.15) is 38.6 Å². The van der Waals surface area contributed by atoms with Gasteiger partial charge in [0.1, 0.15) is 17.6 Å². The molecule has 0 aliphatic carbocycles. The number of carbonyl (C=O) groups is 2. The molecule has 1 saturated heterocycles. The van der Waals surface area contributed by atoms with Crippen LogP contribution in [0.15, 0.2) is 60.9 Å². The van der Waals surface area contributed by atoms with Crippen molar-refractivity contribution >= 4 is 22.9 Å². The number of hydrogen-bond donors (Lipinski definition) is 3. The number of aromatic amines is 1. The molecule has 1 aliphatic heterocycles. The van der Waals surface area contributed by atoms with Crippen LogP contribution in [0.4, 0.5) is 4.79 Å². The van der Waals surface area contributed by atoms with Crippen LogP contribution in [0.2, 0.25) is 0 Å². The van der Waals surface area contributed by atoms with Crippen molar-refractivity contribution < 1.29 is 19.4 Å². The molecule has 0 radical (unpaired) electrons. The average molecular weight is 514 g/mol. The lowest BCUT2D eigenvalue weighted by Gasteiger charge is -2.30. The van der Waals surface area contributed by atoms with Crippen molar-refractivity contribution in [3.05, 3.63) is 66.7 Å². The van der Waals surface area contributed by atoms with Gasteiger partial charge in [0.05, 0.1) is 30.6 Å². The number of pyridine rings is 1. The van der Waals surface area contributed by atoms with Crippen molar-refractivity contribution in [1.29, 1.82) is 0 Å². The molecule has 9 nitrogen and oxygen atoms in total. The summed E-state index contributed by atoms with van der Waals surface area (Å²) in [4.78, 5) is 39.5. The summed E-state index contributed by atoms with van der Waals surface area (Å²) >= 11 is 0. The van der Waals surface area contributed by atoms with E-state index in [1.807, 2.05) is 44.2 Å². The number of phenols is 1. The lowest BCUT2D eigenvalue weighted by Crippen LogP contribution is -2.51. The normalized spacial score (nSPS) is 16.1. The van der Waals surface area contributed by atoms with Crippen molar-refractivity contribution in [3.8, 4) is 28.1 Å². The van der Waals surface area contributed by atoms with E-state index in [2.05, 4.69) is 26.3 Å². The van der Waals surface area contributed by atoms with Gasteiger partial charge in [0, 0.05) is 29.8 Å². The maximum atomic E-state index is 13.4. The number of phenolic OH excluding ortho intramolecular Hbond substituents is 1. The van der Waals surface area contributed by atoms with Gasteiger partial charge in [-0.25, -0.2) is 9.78 Å². The highest BCUT2D eigenvalue weighted by molar-refractivity contribution is 5.87. The third kappa shape index (κ3) is 5.04. The number of aromatic hydroxyl groups is 1. The van der Waals surface area contributed by atoms with Crippen molar-refractivity contribution in [1.82, 2.24) is 25.2 Å². The number of methoxy groups -OCH3 is 1. The molecule has 3 heterocycles. The molecule has 38 heavy (non-hydrogen) atoms. The van der Waals surface area contributed by atoms with E-state index in [4.69, 9.17) is 4.74 Å². The van der Waals surface area contributed by atoms with Crippen LogP contribution in [0.5, 0.6) is 5.75 Å². The maximum Gasteiger partial charge on any atom is 0.407 e. The van der Waals surface area contributed by atoms with Gasteiger partial charge < -0.3 is 25.0 Å². The molecule has 2 unspecified atom stereocenters. The number of imidazole rings is 1. The van der Waals surface area contributed by atoms with E-state index < -0.39 is 12.1 Å². The second kappa shape index (κ2) is 10.5. The van der Waals surface area contributed by atoms with E-state index in [0.717, 1.165) is 52.0 Å². The number of nitrogens with zero attached hydrogens (tertiary/aromatic N) is 3. The number of fused-ring (bicyclic) bond motifs is 1. The molecule has 0 bridgehead atoms. The zero-order valence-corrected chi connectivity index (χ0v) is 21.6. The molecule has 0 spiro atoms. The summed E-state index contributed by atoms with van der Waals surface area (Å²) < 4.78 is 4.72. The molecule has 5 rings (SSSR count). The zero-order valence-electron chi connectivity index (χ0n) is 21.6. The van der Waals surface area contributed by atoms with Gasteiger partial charge in [0.2, 0.25) is 5.91 Å². The smallest absolute Gasteiger partial charge is 0.407 e. The number of alkyl carbamates (subject to hydrolysis) is 1. The fraction of sp³-hybridized carbons (Fsp3) is 0.310. The Morgan fingerprint density at radius 3 is 2.55 bits per heavy atom. The first-order valence-electron chi connectivity index (χ1n) is 12.7. The summed E-state index contributed by atoms with van der Waals surface area (Å²) in [5.41, 5.74) is 4.61. The summed E-state index contributed by atoms with van der Waals surface area (Å²) in [5.74, 6) is 0.717. The molecule has 196 valence electrons. The standard InChI is InChI=1S/C29H31N5O4/c1-17(2)26(33-29(37)38-3)28(36)34-12-4-5-25(34)27-31-16-24(32-27)19-8-6-18(7-9-19)21-13-20-10-11-22(35)14-23(20)30-15-21/h6-11,13-17,25-26,35H,4-5,12H2,1-3H3,(H,31,32)(H,33,37). The lowest BCUT2D eigenvalue weighted by molar-refractivity contribution is -0.135. The lowest BCUT2D eigenvalue weighted by atomic mass is 10.0. The predicted molar refractivity (Wildman–Crippen MR) is 144 cm³/mol. The van der Waals surface area contributed by atoms with E-state index >= 15 is 0 Å². The minimum Gasteiger partial charge on any atom is -0.508 e. The monoisotopic (exact) mass is 513 g/mol. The highest BCUT2D eigenvalue weighted by Gasteiger charge is 2.37. The predicted octanol–water partition coefficient (Wildman–Crippen LogP) is 5.04. The van der Waals surface area contributed by atoms with Gasteiger partial charge in [-0.15, -0.1) is 0 Å². The highest BCUT2D eigenvalue weighted by atomic mass is 16.5. The van der Waals surface area contributed by atoms with Gasteiger partial charge in [-0.3, -0.25) is 9.78 Å². The fourth-order valence-corrected chi connectivity index (χ4v) is 4.96. The maximum absolute atomic E-state index is 13.4. The second-order valence-electron chi connectivity index (χ2n) is 9.91. The number of carbonyl (C=O) groups excluding carboxylic acids is 2. The van der Waals surface area contributed by atoms with Gasteiger partial charge in [-0.2, -0.15) is 0 Å². The third-order valence-electron chi connectivity index (χ3n) is 7.04. The van der Waals surface area contributed by atoms with Crippen LogP contribution in [-0.4, -0.2) is 56.7 Å². The SMILES string of the molecule is COC(=O)NC(C(=O)N1CCCC1c1ncc(-c2ccc(-c3cnc4cc(O)ccc4c3)cc2)[nH]1)C(C)C. The molecule has 1 fully saturated rings. The van der Waals surface area contributed by atoms with E-state index in [9.17, 15) is 14.7 Å². The first-order chi connectivity index (χ1) is 18.3. The molecule has 0 saturated carbocycles. The Morgan fingerprint density at radius 2 is 1.82 bits per heavy atom. The molecule has 1 aliphatic rings. The molecule has 4 aromatic rings. The molecule has 9 heteroatoms. The summed E-state index contributed by atoms with van der Waals surface area (Å²) in [6.45, 7) is 4.41. The van der Waals surface area contributed by atoms with Crippen LogP contribution < -0.4 is 5.32 Å². The number of benzene rings is 2. The highest BCUT2D eigenvalue weighted by Crippen LogP contribution is 2.33. The zero-order chi connectivity index (χ0) is 26.8. The number of ether oxygens (including phenoxy) is 1. The summed E-state index contributed by atoms with van der Waals surface area (Å²) in [7, 11) is 1.29. The van der Waals surface area contributed by atoms with Crippen LogP contribution in [-0.2, 0) is 9.53 Å². The van der Waals surface area contributed by atoms with Crippen LogP contribution in [0.3, 0.4) is 0 Å². The average Bonchev–Trinajstić information content (AvgIpc) is 3.61. The summed E-state index contributed by atoms with van der Waals surface area (Å²) in [5, 5.41) is 13.3. The number of amides is 2. The van der Waals surface area contributed by atoms with Crippen LogP contribution >= 0.6 is 0 Å². The van der Waals surface area contributed by atoms with Crippen molar-refractivity contribution in [2.24, 2.45) is 5.92 Å². The van der Waals surface area contributed by atoms with Gasteiger partial charge >= 0.3 is 6.09 Å².